The van der Waals surface area contributed by atoms with Crippen LogP contribution in [-0.2, 0) is 13.0 Å². The molecule has 0 unspecified atom stereocenters. The lowest BCUT2D eigenvalue weighted by Crippen LogP contribution is -2.52. The molecule has 266 valence electrons. The molecule has 7 rings (SSSR count). The molecule has 0 saturated carbocycles. The normalized spacial score (nSPS) is 17.5. The number of piperazine rings is 1. The fraction of sp³-hybridized carbons (Fsp3) is 0.486. The van der Waals surface area contributed by atoms with E-state index in [0.717, 1.165) is 79.7 Å². The Kier molecular flexibility index (Phi) is 10.7. The minimum absolute atomic E-state index is 0.440. The van der Waals surface area contributed by atoms with Gasteiger partial charge in [-0.3, -0.25) is 4.90 Å². The minimum Gasteiger partial charge on any atom is -0.494 e. The van der Waals surface area contributed by atoms with Crippen LogP contribution in [0.25, 0.3) is 11.1 Å². The number of hydrogen-bond donors (Lipinski definition) is 2. The van der Waals surface area contributed by atoms with Crippen molar-refractivity contribution in [2.24, 2.45) is 0 Å². The summed E-state index contributed by atoms with van der Waals surface area (Å²) in [7, 11) is 3.48. The number of anilines is 5. The molecule has 0 bridgehead atoms. The van der Waals surface area contributed by atoms with Crippen molar-refractivity contribution in [3.05, 3.63) is 53.3 Å². The smallest absolute Gasteiger partial charge is 0.229 e. The molecule has 4 aromatic rings. The number of fused-ring (bicyclic) bond motifs is 1. The predicted octanol–water partition coefficient (Wildman–Crippen LogP) is 6.42. The van der Waals surface area contributed by atoms with E-state index in [1.54, 1.807) is 13.3 Å². The molecule has 2 saturated heterocycles. The third-order valence-corrected chi connectivity index (χ3v) is 11.8. The number of methoxy groups -OCH3 is 1. The zero-order valence-electron chi connectivity index (χ0n) is 29.9. The van der Waals surface area contributed by atoms with Crippen LogP contribution >= 0.6 is 19.5 Å². The second kappa shape index (κ2) is 15.3. The van der Waals surface area contributed by atoms with Crippen LogP contribution in [0.5, 0.6) is 11.6 Å². The van der Waals surface area contributed by atoms with Crippen LogP contribution < -0.4 is 30.3 Å². The monoisotopic (exact) mass is 717 g/mol. The lowest BCUT2D eigenvalue weighted by molar-refractivity contribution is 0.0982. The van der Waals surface area contributed by atoms with Crippen molar-refractivity contribution in [1.82, 2.24) is 29.5 Å². The van der Waals surface area contributed by atoms with Crippen molar-refractivity contribution in [3.63, 3.8) is 0 Å². The minimum atomic E-state index is -0.459. The molecular weight excluding hydrogens is 669 g/mol. The van der Waals surface area contributed by atoms with Gasteiger partial charge < -0.3 is 29.9 Å². The fourth-order valence-corrected chi connectivity index (χ4v) is 8.47. The molecule has 3 aliphatic rings. The van der Waals surface area contributed by atoms with Crippen molar-refractivity contribution in [2.45, 2.75) is 45.2 Å². The number of likely N-dealkylation sites (N-methyl/N-ethyl adjacent to an activating group) is 1. The number of halogens is 1. The first kappa shape index (κ1) is 34.8. The number of nitrogens with one attached hydrogen (secondary N) is 2. The summed E-state index contributed by atoms with van der Waals surface area (Å²) in [5.41, 5.74) is 6.42. The van der Waals surface area contributed by atoms with Gasteiger partial charge in [-0.15, -0.1) is 0 Å². The summed E-state index contributed by atoms with van der Waals surface area (Å²) >= 11 is 6.68. The van der Waals surface area contributed by atoms with Gasteiger partial charge in [0.05, 0.1) is 37.4 Å². The van der Waals surface area contributed by atoms with E-state index in [4.69, 9.17) is 26.1 Å². The average molecular weight is 718 g/mol. The molecule has 2 aromatic carbocycles. The number of rotatable bonds is 10. The Labute approximate surface area is 302 Å². The molecule has 2 N–H and O–H groups in total. The molecule has 0 radical (unpaired) electrons. The Morgan fingerprint density at radius 3 is 2.52 bits per heavy atom. The van der Waals surface area contributed by atoms with Gasteiger partial charge in [-0.2, -0.15) is 10.1 Å². The lowest BCUT2D eigenvalue weighted by Gasteiger charge is -2.43. The van der Waals surface area contributed by atoms with Gasteiger partial charge in [0.25, 0.3) is 0 Å². The average Bonchev–Trinajstić information content (AvgIpc) is 3.57. The van der Waals surface area contributed by atoms with Gasteiger partial charge in [0.1, 0.15) is 10.8 Å². The molecule has 11 nitrogen and oxygen atoms in total. The molecule has 2 fully saturated rings. The molecule has 5 heterocycles. The van der Waals surface area contributed by atoms with Crippen LogP contribution in [0.4, 0.5) is 28.8 Å². The van der Waals surface area contributed by atoms with Crippen molar-refractivity contribution < 1.29 is 9.47 Å². The first-order valence-electron chi connectivity index (χ1n) is 17.8. The van der Waals surface area contributed by atoms with Gasteiger partial charge in [0.15, 0.2) is 5.82 Å². The summed E-state index contributed by atoms with van der Waals surface area (Å²) in [5.74, 6) is 2.58. The Hall–Kier alpha value is -3.63. The summed E-state index contributed by atoms with van der Waals surface area (Å²) in [6.45, 7) is 15.1. The van der Waals surface area contributed by atoms with Crippen LogP contribution in [-0.4, -0.2) is 109 Å². The SMILES string of the molecule is CCc1cc(Nc2ncc(Cl)c(Nc3ccc(-c4cnn5c4OCCC5)cc3P(C)C)n2)c(OC)cc1N1CCC(N2CCN(C)CC2)CC1. The zero-order valence-corrected chi connectivity index (χ0v) is 31.5. The van der Waals surface area contributed by atoms with E-state index in [-0.39, 0.29) is 0 Å². The van der Waals surface area contributed by atoms with E-state index < -0.39 is 7.92 Å². The summed E-state index contributed by atoms with van der Waals surface area (Å²) in [6, 6.07) is 11.4. The molecule has 0 atom stereocenters. The van der Waals surface area contributed by atoms with Gasteiger partial charge in [-0.25, -0.2) is 9.67 Å². The maximum Gasteiger partial charge on any atom is 0.229 e. The Balaban J connectivity index is 1.08. The van der Waals surface area contributed by atoms with Crippen LogP contribution in [0, 0.1) is 0 Å². The van der Waals surface area contributed by atoms with E-state index in [9.17, 15) is 0 Å². The quantitative estimate of drug-likeness (QED) is 0.179. The molecular formula is C37H49ClN9O2P. The van der Waals surface area contributed by atoms with E-state index >= 15 is 0 Å². The number of ether oxygens (including phenoxy) is 2. The lowest BCUT2D eigenvalue weighted by atomic mass is 9.99. The number of hydrogen-bond acceptors (Lipinski definition) is 10. The molecule has 0 aliphatic carbocycles. The Bertz CT molecular complexity index is 1800. The van der Waals surface area contributed by atoms with Gasteiger partial charge in [-0.1, -0.05) is 32.5 Å². The highest BCUT2D eigenvalue weighted by Gasteiger charge is 2.28. The number of benzene rings is 2. The van der Waals surface area contributed by atoms with Crippen LogP contribution in [0.3, 0.4) is 0 Å². The standard InChI is InChI=1S/C37H49ClN9O2P/c1-6-25-20-31(33(48-3)22-32(25)46-13-10-27(11-14-46)45-17-15-44(2)16-18-45)42-37-39-24-29(38)35(43-37)41-30-9-8-26(21-34(30)50(4)5)28-23-40-47-12-7-19-49-36(28)47/h8-9,20-24,27H,6-7,10-19H2,1-5H3,(H2,39,41,42,43). The Morgan fingerprint density at radius 1 is 0.980 bits per heavy atom. The largest absolute Gasteiger partial charge is 0.494 e. The van der Waals surface area contributed by atoms with Crippen molar-refractivity contribution >= 4 is 53.7 Å². The van der Waals surface area contributed by atoms with Crippen molar-refractivity contribution in [2.75, 3.05) is 88.9 Å². The predicted molar refractivity (Wildman–Crippen MR) is 206 cm³/mol. The van der Waals surface area contributed by atoms with Gasteiger partial charge in [0.2, 0.25) is 11.8 Å². The zero-order chi connectivity index (χ0) is 34.8. The fourth-order valence-electron chi connectivity index (χ4n) is 7.32. The van der Waals surface area contributed by atoms with E-state index in [2.05, 4.69) is 93.0 Å². The van der Waals surface area contributed by atoms with Crippen LogP contribution in [0.15, 0.2) is 42.7 Å². The highest BCUT2D eigenvalue weighted by molar-refractivity contribution is 7.64. The van der Waals surface area contributed by atoms with E-state index in [1.165, 1.54) is 42.5 Å². The molecule has 2 aromatic heterocycles. The van der Waals surface area contributed by atoms with E-state index in [0.29, 0.717) is 29.4 Å². The molecule has 3 aliphatic heterocycles. The maximum absolute atomic E-state index is 6.68. The second-order valence-corrected chi connectivity index (χ2v) is 16.3. The summed E-state index contributed by atoms with van der Waals surface area (Å²) < 4.78 is 13.9. The van der Waals surface area contributed by atoms with Crippen molar-refractivity contribution in [3.8, 4) is 22.8 Å². The Morgan fingerprint density at radius 2 is 1.78 bits per heavy atom. The van der Waals surface area contributed by atoms with Crippen LogP contribution in [0.2, 0.25) is 5.02 Å². The first-order chi connectivity index (χ1) is 24.3. The summed E-state index contributed by atoms with van der Waals surface area (Å²) in [6.07, 6.45) is 7.80. The third kappa shape index (κ3) is 7.38. The highest BCUT2D eigenvalue weighted by Crippen LogP contribution is 2.39. The van der Waals surface area contributed by atoms with E-state index in [1.807, 2.05) is 10.9 Å². The molecule has 0 spiro atoms. The second-order valence-electron chi connectivity index (χ2n) is 13.6. The summed E-state index contributed by atoms with van der Waals surface area (Å²) in [5, 5.41) is 13.1. The highest BCUT2D eigenvalue weighted by atomic mass is 35.5. The van der Waals surface area contributed by atoms with Crippen molar-refractivity contribution in [1.29, 1.82) is 0 Å². The first-order valence-corrected chi connectivity index (χ1v) is 20.4. The molecule has 50 heavy (non-hydrogen) atoms. The third-order valence-electron chi connectivity index (χ3n) is 10.2. The maximum atomic E-state index is 6.68. The summed E-state index contributed by atoms with van der Waals surface area (Å²) in [4.78, 5) is 17.0. The number of aryl methyl sites for hydroxylation is 2. The number of aromatic nitrogens is 4. The topological polar surface area (TPSA) is 95.8 Å². The molecule has 13 heteroatoms. The number of nitrogens with zero attached hydrogens (tertiary/aromatic N) is 7. The molecule has 0 amide bonds. The van der Waals surface area contributed by atoms with Gasteiger partial charge in [0, 0.05) is 75.7 Å². The van der Waals surface area contributed by atoms with Gasteiger partial charge >= 0.3 is 0 Å². The van der Waals surface area contributed by atoms with Gasteiger partial charge in [-0.05, 0) is 74.3 Å². The number of piperidine rings is 1. The van der Waals surface area contributed by atoms with Crippen LogP contribution in [0.1, 0.15) is 31.7 Å².